The van der Waals surface area contributed by atoms with Crippen LogP contribution in [0.5, 0.6) is 0 Å². The van der Waals surface area contributed by atoms with Crippen LogP contribution in [0.2, 0.25) is 0 Å². The number of anilines is 1. The fraction of sp³-hybridized carbons (Fsp3) is 0.391. The van der Waals surface area contributed by atoms with Crippen molar-refractivity contribution in [2.75, 3.05) is 31.6 Å². The summed E-state index contributed by atoms with van der Waals surface area (Å²) < 4.78 is 10.7. The minimum atomic E-state index is -0.361. The molecule has 1 saturated heterocycles. The molecular formula is C23H27N7O3. The topological polar surface area (TPSA) is 125 Å². The Labute approximate surface area is 190 Å². The van der Waals surface area contributed by atoms with E-state index in [0.29, 0.717) is 28.9 Å². The molecule has 1 aliphatic rings. The molecule has 10 nitrogen and oxygen atoms in total. The third kappa shape index (κ3) is 4.81. The molecule has 10 heteroatoms. The molecule has 0 saturated carbocycles. The van der Waals surface area contributed by atoms with Crippen molar-refractivity contribution in [1.82, 2.24) is 30.2 Å². The van der Waals surface area contributed by atoms with Crippen LogP contribution in [-0.2, 0) is 17.7 Å². The maximum atomic E-state index is 12.7. The molecule has 4 heterocycles. The van der Waals surface area contributed by atoms with Gasteiger partial charge in [-0.3, -0.25) is 14.8 Å². The molecule has 0 atom stereocenters. The number of aromatic amines is 2. The summed E-state index contributed by atoms with van der Waals surface area (Å²) >= 11 is 0. The maximum absolute atomic E-state index is 12.7. The molecule has 1 aromatic carbocycles. The van der Waals surface area contributed by atoms with Gasteiger partial charge in [-0.25, -0.2) is 4.98 Å². The molecule has 0 unspecified atom stereocenters. The first-order valence-electron chi connectivity index (χ1n) is 11.1. The minimum absolute atomic E-state index is 0.232. The van der Waals surface area contributed by atoms with Gasteiger partial charge in [-0.2, -0.15) is 5.10 Å². The second kappa shape index (κ2) is 9.16. The standard InChI is InChI=1S/C23H27N7O3/c1-14(2)9-16-11-19(29-33-16)23(31)27-20-12-24-28-21(20)22-25-17-4-3-15(10-18(17)26-22)13-30-5-7-32-8-6-30/h3-4,10-12,14H,5-9,13H2,1-2H3,(H,24,28)(H,25,26)(H,27,31). The highest BCUT2D eigenvalue weighted by Gasteiger charge is 2.19. The van der Waals surface area contributed by atoms with Crippen LogP contribution in [0.25, 0.3) is 22.6 Å². The Kier molecular flexibility index (Phi) is 5.93. The van der Waals surface area contributed by atoms with Crippen molar-refractivity contribution >= 4 is 22.6 Å². The zero-order chi connectivity index (χ0) is 22.8. The fourth-order valence-electron chi connectivity index (χ4n) is 3.95. The third-order valence-corrected chi connectivity index (χ3v) is 5.57. The summed E-state index contributed by atoms with van der Waals surface area (Å²) in [7, 11) is 0. The largest absolute Gasteiger partial charge is 0.379 e. The molecule has 3 N–H and O–H groups in total. The Balaban J connectivity index is 1.32. The minimum Gasteiger partial charge on any atom is -0.379 e. The Morgan fingerprint density at radius 2 is 2.09 bits per heavy atom. The SMILES string of the molecule is CC(C)Cc1cc(C(=O)Nc2c[nH]nc2-c2nc3cc(CN4CCOCC4)ccc3[nH]2)no1. The van der Waals surface area contributed by atoms with Gasteiger partial charge in [-0.05, 0) is 23.6 Å². The number of amides is 1. The monoisotopic (exact) mass is 449 g/mol. The van der Waals surface area contributed by atoms with E-state index in [9.17, 15) is 4.79 Å². The normalized spacial score (nSPS) is 14.9. The number of nitrogens with one attached hydrogen (secondary N) is 3. The quantitative estimate of drug-likeness (QED) is 0.396. The number of nitrogens with zero attached hydrogens (tertiary/aromatic N) is 4. The van der Waals surface area contributed by atoms with Crippen molar-refractivity contribution < 1.29 is 14.1 Å². The number of benzene rings is 1. The van der Waals surface area contributed by atoms with E-state index < -0.39 is 0 Å². The Morgan fingerprint density at radius 1 is 1.24 bits per heavy atom. The predicted molar refractivity (Wildman–Crippen MR) is 123 cm³/mol. The van der Waals surface area contributed by atoms with Crippen LogP contribution in [0.3, 0.4) is 0 Å². The number of imidazole rings is 1. The van der Waals surface area contributed by atoms with E-state index in [4.69, 9.17) is 14.2 Å². The second-order valence-electron chi connectivity index (χ2n) is 8.70. The van der Waals surface area contributed by atoms with E-state index in [1.807, 2.05) is 6.07 Å². The summed E-state index contributed by atoms with van der Waals surface area (Å²) in [5, 5.41) is 13.8. The van der Waals surface area contributed by atoms with Gasteiger partial charge in [0.25, 0.3) is 5.91 Å². The molecule has 0 bridgehead atoms. The van der Waals surface area contributed by atoms with Crippen LogP contribution in [0, 0.1) is 5.92 Å². The predicted octanol–water partition coefficient (Wildman–Crippen LogP) is 3.22. The van der Waals surface area contributed by atoms with Gasteiger partial charge in [-0.15, -0.1) is 0 Å². The third-order valence-electron chi connectivity index (χ3n) is 5.57. The summed E-state index contributed by atoms with van der Waals surface area (Å²) in [4.78, 5) is 23.1. The number of rotatable bonds is 7. The molecule has 1 fully saturated rings. The summed E-state index contributed by atoms with van der Waals surface area (Å²) in [5.74, 6) is 1.32. The van der Waals surface area contributed by atoms with Crippen LogP contribution in [-0.4, -0.2) is 62.4 Å². The number of carbonyl (C=O) groups is 1. The van der Waals surface area contributed by atoms with Gasteiger partial charge in [-0.1, -0.05) is 25.1 Å². The highest BCUT2D eigenvalue weighted by atomic mass is 16.5. The molecule has 3 aromatic heterocycles. The summed E-state index contributed by atoms with van der Waals surface area (Å²) in [6.45, 7) is 8.45. The highest BCUT2D eigenvalue weighted by molar-refractivity contribution is 6.04. The van der Waals surface area contributed by atoms with Gasteiger partial charge >= 0.3 is 0 Å². The Bertz CT molecular complexity index is 1250. The van der Waals surface area contributed by atoms with Gasteiger partial charge in [0.1, 0.15) is 5.76 Å². The first kappa shape index (κ1) is 21.4. The van der Waals surface area contributed by atoms with Crippen LogP contribution in [0.1, 0.15) is 35.7 Å². The van der Waals surface area contributed by atoms with Crippen LogP contribution < -0.4 is 5.32 Å². The lowest BCUT2D eigenvalue weighted by Crippen LogP contribution is -2.35. The number of H-pyrrole nitrogens is 2. The van der Waals surface area contributed by atoms with Gasteiger partial charge in [0.2, 0.25) is 0 Å². The molecule has 0 radical (unpaired) electrons. The average Bonchev–Trinajstić information content (AvgIpc) is 3.53. The van der Waals surface area contributed by atoms with Crippen molar-refractivity contribution in [3.8, 4) is 11.5 Å². The number of fused-ring (bicyclic) bond motifs is 1. The zero-order valence-electron chi connectivity index (χ0n) is 18.7. The lowest BCUT2D eigenvalue weighted by molar-refractivity contribution is 0.0342. The molecule has 1 amide bonds. The van der Waals surface area contributed by atoms with Gasteiger partial charge in [0, 0.05) is 38.3 Å². The molecule has 172 valence electrons. The molecule has 4 aromatic rings. The van der Waals surface area contributed by atoms with Crippen LogP contribution >= 0.6 is 0 Å². The molecular weight excluding hydrogens is 422 g/mol. The maximum Gasteiger partial charge on any atom is 0.277 e. The number of carbonyl (C=O) groups excluding carboxylic acids is 1. The van der Waals surface area contributed by atoms with E-state index in [-0.39, 0.29) is 11.6 Å². The van der Waals surface area contributed by atoms with Gasteiger partial charge < -0.3 is 19.6 Å². The van der Waals surface area contributed by atoms with E-state index in [2.05, 4.69) is 56.5 Å². The first-order valence-corrected chi connectivity index (χ1v) is 11.1. The molecule has 33 heavy (non-hydrogen) atoms. The van der Waals surface area contributed by atoms with Gasteiger partial charge in [0.05, 0.1) is 29.9 Å². The molecule has 1 aliphatic heterocycles. The number of aromatic nitrogens is 5. The molecule has 0 aliphatic carbocycles. The Morgan fingerprint density at radius 3 is 2.91 bits per heavy atom. The number of hydrogen-bond donors (Lipinski definition) is 3. The summed E-state index contributed by atoms with van der Waals surface area (Å²) in [5.41, 5.74) is 4.23. The van der Waals surface area contributed by atoms with E-state index in [1.54, 1.807) is 12.3 Å². The zero-order valence-corrected chi connectivity index (χ0v) is 18.7. The summed E-state index contributed by atoms with van der Waals surface area (Å²) in [6, 6.07) is 7.89. The molecule has 0 spiro atoms. The second-order valence-corrected chi connectivity index (χ2v) is 8.70. The highest BCUT2D eigenvalue weighted by Crippen LogP contribution is 2.26. The van der Waals surface area contributed by atoms with Crippen molar-refractivity contribution in [2.24, 2.45) is 5.92 Å². The summed E-state index contributed by atoms with van der Waals surface area (Å²) in [6.07, 6.45) is 2.35. The lowest BCUT2D eigenvalue weighted by atomic mass is 10.1. The lowest BCUT2D eigenvalue weighted by Gasteiger charge is -2.26. The van der Waals surface area contributed by atoms with Crippen molar-refractivity contribution in [1.29, 1.82) is 0 Å². The number of ether oxygens (including phenoxy) is 1. The number of morpholine rings is 1. The van der Waals surface area contributed by atoms with Crippen LogP contribution in [0.4, 0.5) is 5.69 Å². The smallest absolute Gasteiger partial charge is 0.277 e. The van der Waals surface area contributed by atoms with Crippen molar-refractivity contribution in [2.45, 2.75) is 26.8 Å². The number of hydrogen-bond acceptors (Lipinski definition) is 7. The van der Waals surface area contributed by atoms with E-state index in [1.165, 1.54) is 5.56 Å². The first-order chi connectivity index (χ1) is 16.0. The van der Waals surface area contributed by atoms with Crippen LogP contribution in [0.15, 0.2) is 35.0 Å². The van der Waals surface area contributed by atoms with Gasteiger partial charge in [0.15, 0.2) is 17.2 Å². The molecule has 5 rings (SSSR count). The van der Waals surface area contributed by atoms with Crippen molar-refractivity contribution in [3.63, 3.8) is 0 Å². The van der Waals surface area contributed by atoms with Crippen molar-refractivity contribution in [3.05, 3.63) is 47.5 Å². The van der Waals surface area contributed by atoms with E-state index in [0.717, 1.165) is 50.3 Å². The Hall–Kier alpha value is -3.50. The van der Waals surface area contributed by atoms with E-state index >= 15 is 0 Å². The fourth-order valence-corrected chi connectivity index (χ4v) is 3.95. The average molecular weight is 450 g/mol.